The van der Waals surface area contributed by atoms with Crippen molar-refractivity contribution in [3.05, 3.63) is 100 Å². The first-order valence-electron chi connectivity index (χ1n) is 10.1. The summed E-state index contributed by atoms with van der Waals surface area (Å²) in [5, 5.41) is 8.70. The maximum atomic E-state index is 12.7. The average molecular weight is 413 g/mol. The monoisotopic (exact) mass is 413 g/mol. The molecule has 0 fully saturated rings. The lowest BCUT2D eigenvalue weighted by atomic mass is 10.0. The van der Waals surface area contributed by atoms with Gasteiger partial charge in [0.25, 0.3) is 11.5 Å². The lowest BCUT2D eigenvalue weighted by Gasteiger charge is -2.12. The summed E-state index contributed by atoms with van der Waals surface area (Å²) in [5.74, 6) is -0.194. The van der Waals surface area contributed by atoms with Crippen LogP contribution in [0.15, 0.2) is 83.7 Å². The molecule has 0 bridgehead atoms. The number of nitrogens with one attached hydrogen (secondary N) is 1. The predicted molar refractivity (Wildman–Crippen MR) is 121 cm³/mol. The Kier molecular flexibility index (Phi) is 6.19. The van der Waals surface area contributed by atoms with E-state index >= 15 is 0 Å². The van der Waals surface area contributed by atoms with E-state index < -0.39 is 0 Å². The third-order valence-electron chi connectivity index (χ3n) is 5.12. The number of ether oxygens (including phenoxy) is 1. The number of aromatic nitrogens is 2. The van der Waals surface area contributed by atoms with Gasteiger partial charge >= 0.3 is 0 Å². The molecule has 0 atom stereocenters. The molecule has 0 saturated carbocycles. The smallest absolute Gasteiger partial charge is 0.274 e. The highest BCUT2D eigenvalue weighted by Crippen LogP contribution is 2.19. The van der Waals surface area contributed by atoms with Gasteiger partial charge in [-0.05, 0) is 29.3 Å². The number of rotatable bonds is 7. The second kappa shape index (κ2) is 9.36. The Hall–Kier alpha value is -3.77. The van der Waals surface area contributed by atoms with Gasteiger partial charge in [0.15, 0.2) is 0 Å². The van der Waals surface area contributed by atoms with Crippen molar-refractivity contribution in [3.63, 3.8) is 0 Å². The highest BCUT2D eigenvalue weighted by molar-refractivity contribution is 5.95. The zero-order chi connectivity index (χ0) is 21.6. The average Bonchev–Trinajstić information content (AvgIpc) is 2.83. The van der Waals surface area contributed by atoms with E-state index in [1.54, 1.807) is 13.2 Å². The van der Waals surface area contributed by atoms with Gasteiger partial charge in [-0.2, -0.15) is 5.10 Å². The Morgan fingerprint density at radius 3 is 2.26 bits per heavy atom. The van der Waals surface area contributed by atoms with Crippen molar-refractivity contribution in [2.45, 2.75) is 13.1 Å². The van der Waals surface area contributed by atoms with Crippen LogP contribution in [0.25, 0.3) is 21.9 Å². The molecule has 6 heteroatoms. The molecule has 6 nitrogen and oxygen atoms in total. The van der Waals surface area contributed by atoms with Crippen LogP contribution in [-0.2, 0) is 17.8 Å². The van der Waals surface area contributed by atoms with E-state index in [2.05, 4.69) is 10.4 Å². The number of hydrogen-bond donors (Lipinski definition) is 1. The number of methoxy groups -OCH3 is 1. The molecule has 4 rings (SSSR count). The number of carbonyl (C=O) groups is 1. The number of benzene rings is 3. The Labute approximate surface area is 180 Å². The standard InChI is InChI=1S/C25H23N3O3/c1-31-16-15-28-25(30)22-10-6-5-9-21(22)23(27-28)17-26-24(29)20-13-11-19(12-14-20)18-7-3-2-4-8-18/h2-14H,15-17H2,1H3,(H,26,29). The van der Waals surface area contributed by atoms with Crippen molar-refractivity contribution in [2.75, 3.05) is 13.7 Å². The summed E-state index contributed by atoms with van der Waals surface area (Å²) in [7, 11) is 1.58. The van der Waals surface area contributed by atoms with Crippen LogP contribution in [0.3, 0.4) is 0 Å². The molecule has 0 radical (unpaired) electrons. The van der Waals surface area contributed by atoms with Crippen LogP contribution >= 0.6 is 0 Å². The minimum Gasteiger partial charge on any atom is -0.383 e. The van der Waals surface area contributed by atoms with Gasteiger partial charge in [-0.25, -0.2) is 4.68 Å². The highest BCUT2D eigenvalue weighted by atomic mass is 16.5. The van der Waals surface area contributed by atoms with Gasteiger partial charge in [0.2, 0.25) is 0 Å². The molecule has 0 spiro atoms. The van der Waals surface area contributed by atoms with E-state index in [1.807, 2.05) is 72.8 Å². The van der Waals surface area contributed by atoms with E-state index in [1.165, 1.54) is 4.68 Å². The van der Waals surface area contributed by atoms with Gasteiger partial charge in [-0.3, -0.25) is 9.59 Å². The van der Waals surface area contributed by atoms with Crippen molar-refractivity contribution in [3.8, 4) is 11.1 Å². The first-order chi connectivity index (χ1) is 15.2. The van der Waals surface area contributed by atoms with Crippen LogP contribution in [0, 0.1) is 0 Å². The molecule has 156 valence electrons. The molecule has 0 aliphatic carbocycles. The first kappa shape index (κ1) is 20.5. The summed E-state index contributed by atoms with van der Waals surface area (Å²) in [4.78, 5) is 25.4. The summed E-state index contributed by atoms with van der Waals surface area (Å²) >= 11 is 0. The second-order valence-electron chi connectivity index (χ2n) is 7.14. The van der Waals surface area contributed by atoms with Crippen LogP contribution in [0.5, 0.6) is 0 Å². The number of nitrogens with zero attached hydrogens (tertiary/aromatic N) is 2. The molecule has 3 aromatic carbocycles. The Morgan fingerprint density at radius 2 is 1.55 bits per heavy atom. The topological polar surface area (TPSA) is 73.2 Å². The molecule has 4 aromatic rings. The number of carbonyl (C=O) groups excluding carboxylic acids is 1. The molecule has 1 heterocycles. The molecule has 1 amide bonds. The maximum Gasteiger partial charge on any atom is 0.274 e. The number of fused-ring (bicyclic) bond motifs is 1. The van der Waals surface area contributed by atoms with Gasteiger partial charge in [0, 0.05) is 18.1 Å². The second-order valence-corrected chi connectivity index (χ2v) is 7.14. The third-order valence-corrected chi connectivity index (χ3v) is 5.12. The fourth-order valence-electron chi connectivity index (χ4n) is 3.48. The summed E-state index contributed by atoms with van der Waals surface area (Å²) in [6.07, 6.45) is 0. The molecule has 0 aliphatic rings. The van der Waals surface area contributed by atoms with Crippen molar-refractivity contribution >= 4 is 16.7 Å². The maximum absolute atomic E-state index is 12.7. The normalized spacial score (nSPS) is 10.9. The molecule has 0 saturated heterocycles. The van der Waals surface area contributed by atoms with Crippen molar-refractivity contribution in [1.82, 2.24) is 15.1 Å². The number of amides is 1. The largest absolute Gasteiger partial charge is 0.383 e. The summed E-state index contributed by atoms with van der Waals surface area (Å²) in [6.45, 7) is 0.944. The van der Waals surface area contributed by atoms with E-state index in [9.17, 15) is 9.59 Å². The lowest BCUT2D eigenvalue weighted by molar-refractivity contribution is 0.0950. The van der Waals surface area contributed by atoms with Crippen molar-refractivity contribution < 1.29 is 9.53 Å². The van der Waals surface area contributed by atoms with Crippen molar-refractivity contribution in [1.29, 1.82) is 0 Å². The van der Waals surface area contributed by atoms with Gasteiger partial charge in [-0.15, -0.1) is 0 Å². The molecular formula is C25H23N3O3. The number of hydrogen-bond acceptors (Lipinski definition) is 4. The summed E-state index contributed by atoms with van der Waals surface area (Å²) in [5.41, 5.74) is 3.19. The van der Waals surface area contributed by atoms with Crippen LogP contribution in [0.2, 0.25) is 0 Å². The fourth-order valence-corrected chi connectivity index (χ4v) is 3.48. The molecule has 31 heavy (non-hydrogen) atoms. The Bertz CT molecular complexity index is 1250. The van der Waals surface area contributed by atoms with E-state index in [0.717, 1.165) is 16.5 Å². The fraction of sp³-hybridized carbons (Fsp3) is 0.160. The van der Waals surface area contributed by atoms with Gasteiger partial charge in [0.1, 0.15) is 0 Å². The van der Waals surface area contributed by atoms with Crippen LogP contribution < -0.4 is 10.9 Å². The predicted octanol–water partition coefficient (Wildman–Crippen LogP) is 3.64. The van der Waals surface area contributed by atoms with E-state index in [0.29, 0.717) is 29.8 Å². The van der Waals surface area contributed by atoms with Gasteiger partial charge in [-0.1, -0.05) is 60.7 Å². The molecule has 0 aliphatic heterocycles. The van der Waals surface area contributed by atoms with E-state index in [-0.39, 0.29) is 18.0 Å². The zero-order valence-corrected chi connectivity index (χ0v) is 17.2. The first-order valence-corrected chi connectivity index (χ1v) is 10.1. The minimum atomic E-state index is -0.194. The van der Waals surface area contributed by atoms with Crippen LogP contribution in [0.1, 0.15) is 16.1 Å². The van der Waals surface area contributed by atoms with Crippen LogP contribution in [0.4, 0.5) is 0 Å². The Morgan fingerprint density at radius 1 is 0.903 bits per heavy atom. The Balaban J connectivity index is 1.54. The van der Waals surface area contributed by atoms with Gasteiger partial charge in [0.05, 0.1) is 30.8 Å². The quantitative estimate of drug-likeness (QED) is 0.502. The van der Waals surface area contributed by atoms with Crippen molar-refractivity contribution in [2.24, 2.45) is 0 Å². The molecule has 0 unspecified atom stereocenters. The van der Waals surface area contributed by atoms with Gasteiger partial charge < -0.3 is 10.1 Å². The summed E-state index contributed by atoms with van der Waals surface area (Å²) in [6, 6.07) is 24.8. The zero-order valence-electron chi connectivity index (χ0n) is 17.2. The SMILES string of the molecule is COCCn1nc(CNC(=O)c2ccc(-c3ccccc3)cc2)c2ccccc2c1=O. The third kappa shape index (κ3) is 4.54. The van der Waals surface area contributed by atoms with E-state index in [4.69, 9.17) is 4.74 Å². The molecular weight excluding hydrogens is 390 g/mol. The molecule has 1 N–H and O–H groups in total. The van der Waals surface area contributed by atoms with Crippen LogP contribution in [-0.4, -0.2) is 29.4 Å². The minimum absolute atomic E-state index is 0.167. The highest BCUT2D eigenvalue weighted by Gasteiger charge is 2.12. The lowest BCUT2D eigenvalue weighted by Crippen LogP contribution is -2.29. The summed E-state index contributed by atoms with van der Waals surface area (Å²) < 4.78 is 6.47. The molecule has 1 aromatic heterocycles.